The fraction of sp³-hybridized carbons (Fsp3) is 0.565. The molecule has 2 unspecified atom stereocenters. The third kappa shape index (κ3) is 4.48. The van der Waals surface area contributed by atoms with Gasteiger partial charge in [-0.15, -0.1) is 0 Å². The van der Waals surface area contributed by atoms with Gasteiger partial charge in [0, 0.05) is 44.9 Å². The summed E-state index contributed by atoms with van der Waals surface area (Å²) in [6.07, 6.45) is 3.14. The van der Waals surface area contributed by atoms with Crippen molar-refractivity contribution in [1.29, 1.82) is 0 Å². The minimum Gasteiger partial charge on any atom is -0.366 e. The van der Waals surface area contributed by atoms with Crippen LogP contribution in [0.15, 0.2) is 18.3 Å². The highest BCUT2D eigenvalue weighted by atomic mass is 19.3. The number of nitrogens with one attached hydrogen (secondary N) is 1. The number of carbonyl (C=O) groups excluding carboxylic acids is 2. The first-order valence-corrected chi connectivity index (χ1v) is 11.1. The SMILES string of the molecule is CC[C@@]1(C)OCc2cnc(C(=O)NC(C=O)CCn3nc(C4CC4(F)F)cc3N(C)C)cc21. The Balaban J connectivity index is 1.43. The molecule has 1 fully saturated rings. The van der Waals surface area contributed by atoms with Crippen molar-refractivity contribution in [2.24, 2.45) is 0 Å². The molecule has 2 aromatic rings. The lowest BCUT2D eigenvalue weighted by Gasteiger charge is -2.23. The second kappa shape index (κ2) is 8.48. The molecule has 8 nitrogen and oxygen atoms in total. The third-order valence-electron chi connectivity index (χ3n) is 6.56. The largest absolute Gasteiger partial charge is 0.366 e. The molecule has 1 saturated carbocycles. The van der Waals surface area contributed by atoms with Gasteiger partial charge in [0.05, 0.1) is 29.9 Å². The lowest BCUT2D eigenvalue weighted by atomic mass is 9.92. The maximum atomic E-state index is 13.5. The van der Waals surface area contributed by atoms with Crippen LogP contribution in [0.5, 0.6) is 0 Å². The van der Waals surface area contributed by atoms with Crippen LogP contribution in [-0.4, -0.2) is 53.0 Å². The predicted octanol–water partition coefficient (Wildman–Crippen LogP) is 3.01. The van der Waals surface area contributed by atoms with Crippen LogP contribution < -0.4 is 10.2 Å². The van der Waals surface area contributed by atoms with Crippen molar-refractivity contribution in [3.8, 4) is 0 Å². The Morgan fingerprint density at radius 2 is 2.15 bits per heavy atom. The summed E-state index contributed by atoms with van der Waals surface area (Å²) in [7, 11) is 3.60. The summed E-state index contributed by atoms with van der Waals surface area (Å²) in [6, 6.07) is 2.61. The minimum absolute atomic E-state index is 0.195. The molecule has 0 spiro atoms. The number of nitrogens with zero attached hydrogens (tertiary/aromatic N) is 4. The summed E-state index contributed by atoms with van der Waals surface area (Å²) in [5.74, 6) is -3.35. The van der Waals surface area contributed by atoms with E-state index in [1.807, 2.05) is 13.8 Å². The number of alkyl halides is 2. The standard InChI is InChI=1S/C23H29F2N5O3/c1-5-22(2)16-8-19(26-11-14(16)13-33-22)21(32)27-15(12-31)6-7-30-20(29(3)4)9-18(28-30)17-10-23(17,24)25/h8-9,11-12,15,17H,5-7,10,13H2,1-4H3,(H,27,32)/t15?,17?,22-/m1/s1. The van der Waals surface area contributed by atoms with Gasteiger partial charge in [-0.05, 0) is 31.4 Å². The molecule has 1 aliphatic carbocycles. The molecule has 33 heavy (non-hydrogen) atoms. The van der Waals surface area contributed by atoms with Gasteiger partial charge in [-0.1, -0.05) is 6.92 Å². The number of pyridine rings is 1. The summed E-state index contributed by atoms with van der Waals surface area (Å²) in [5, 5.41) is 7.05. The molecule has 10 heteroatoms. The van der Waals surface area contributed by atoms with Gasteiger partial charge in [-0.2, -0.15) is 5.10 Å². The van der Waals surface area contributed by atoms with Crippen LogP contribution in [0.2, 0.25) is 0 Å². The van der Waals surface area contributed by atoms with Gasteiger partial charge < -0.3 is 19.7 Å². The predicted molar refractivity (Wildman–Crippen MR) is 117 cm³/mol. The number of aromatic nitrogens is 3. The van der Waals surface area contributed by atoms with Crippen LogP contribution in [0.4, 0.5) is 14.6 Å². The number of carbonyl (C=O) groups is 2. The van der Waals surface area contributed by atoms with Crippen molar-refractivity contribution >= 4 is 18.0 Å². The van der Waals surface area contributed by atoms with Crippen LogP contribution >= 0.6 is 0 Å². The lowest BCUT2D eigenvalue weighted by Crippen LogP contribution is -2.37. The summed E-state index contributed by atoms with van der Waals surface area (Å²) in [4.78, 5) is 30.5. The quantitative estimate of drug-likeness (QED) is 0.578. The van der Waals surface area contributed by atoms with Crippen LogP contribution in [0, 0.1) is 0 Å². The summed E-state index contributed by atoms with van der Waals surface area (Å²) < 4.78 is 34.4. The van der Waals surface area contributed by atoms with Crippen molar-refractivity contribution < 1.29 is 23.1 Å². The molecule has 4 rings (SSSR count). The zero-order valence-corrected chi connectivity index (χ0v) is 19.3. The van der Waals surface area contributed by atoms with Crippen molar-refractivity contribution in [3.05, 3.63) is 40.8 Å². The zero-order chi connectivity index (χ0) is 24.0. The molecule has 0 radical (unpaired) electrons. The second-order valence-electron chi connectivity index (χ2n) is 9.17. The first-order chi connectivity index (χ1) is 15.6. The first kappa shape index (κ1) is 23.3. The molecule has 2 aliphatic rings. The van der Waals surface area contributed by atoms with Gasteiger partial charge in [-0.25, -0.2) is 13.5 Å². The Morgan fingerprint density at radius 1 is 1.42 bits per heavy atom. The average Bonchev–Trinajstić information content (AvgIpc) is 3.12. The second-order valence-corrected chi connectivity index (χ2v) is 9.17. The van der Waals surface area contributed by atoms with Gasteiger partial charge in [0.15, 0.2) is 0 Å². The number of aldehydes is 1. The lowest BCUT2D eigenvalue weighted by molar-refractivity contribution is -0.109. The first-order valence-electron chi connectivity index (χ1n) is 11.1. The van der Waals surface area contributed by atoms with E-state index < -0.39 is 29.4 Å². The van der Waals surface area contributed by atoms with E-state index in [-0.39, 0.29) is 25.1 Å². The number of anilines is 1. The van der Waals surface area contributed by atoms with E-state index in [0.717, 1.165) is 17.5 Å². The van der Waals surface area contributed by atoms with Gasteiger partial charge in [0.25, 0.3) is 11.8 Å². The topological polar surface area (TPSA) is 89.3 Å². The average molecular weight is 462 g/mol. The van der Waals surface area contributed by atoms with Gasteiger partial charge >= 0.3 is 0 Å². The highest BCUT2D eigenvalue weighted by Crippen LogP contribution is 2.55. The van der Waals surface area contributed by atoms with Crippen molar-refractivity contribution in [2.75, 3.05) is 19.0 Å². The maximum absolute atomic E-state index is 13.5. The van der Waals surface area contributed by atoms with Crippen LogP contribution in [0.25, 0.3) is 0 Å². The Bertz CT molecular complexity index is 1070. The monoisotopic (exact) mass is 461 g/mol. The van der Waals surface area contributed by atoms with Crippen LogP contribution in [0.3, 0.4) is 0 Å². The van der Waals surface area contributed by atoms with Gasteiger partial charge in [0.1, 0.15) is 17.8 Å². The van der Waals surface area contributed by atoms with Crippen molar-refractivity contribution in [1.82, 2.24) is 20.1 Å². The van der Waals surface area contributed by atoms with E-state index in [9.17, 15) is 18.4 Å². The fourth-order valence-corrected chi connectivity index (χ4v) is 4.16. The van der Waals surface area contributed by atoms with E-state index in [1.54, 1.807) is 42.0 Å². The molecule has 3 atom stereocenters. The number of ether oxygens (including phenoxy) is 1. The van der Waals surface area contributed by atoms with Crippen LogP contribution in [-0.2, 0) is 28.3 Å². The molecule has 2 aromatic heterocycles. The molecule has 0 bridgehead atoms. The molecule has 1 amide bonds. The highest BCUT2D eigenvalue weighted by Gasteiger charge is 2.59. The van der Waals surface area contributed by atoms with E-state index in [2.05, 4.69) is 15.4 Å². The number of amides is 1. The van der Waals surface area contributed by atoms with E-state index in [0.29, 0.717) is 24.4 Å². The maximum Gasteiger partial charge on any atom is 0.270 e. The molecule has 1 aliphatic heterocycles. The Labute approximate surface area is 191 Å². The molecular formula is C23H29F2N5O3. The number of hydrogen-bond donors (Lipinski definition) is 1. The van der Waals surface area contributed by atoms with E-state index >= 15 is 0 Å². The highest BCUT2D eigenvalue weighted by molar-refractivity contribution is 5.94. The number of halogens is 2. The Morgan fingerprint density at radius 3 is 2.76 bits per heavy atom. The Kier molecular flexibility index (Phi) is 5.98. The summed E-state index contributed by atoms with van der Waals surface area (Å²) in [6.45, 7) is 4.74. The van der Waals surface area contributed by atoms with Gasteiger partial charge in [0.2, 0.25) is 0 Å². The molecule has 1 N–H and O–H groups in total. The number of hydrogen-bond acceptors (Lipinski definition) is 6. The summed E-state index contributed by atoms with van der Waals surface area (Å²) in [5.41, 5.74) is 1.99. The van der Waals surface area contributed by atoms with Crippen molar-refractivity contribution in [3.63, 3.8) is 0 Å². The molecule has 0 aromatic carbocycles. The van der Waals surface area contributed by atoms with Crippen LogP contribution in [0.1, 0.15) is 66.3 Å². The number of rotatable bonds is 9. The van der Waals surface area contributed by atoms with E-state index in [4.69, 9.17) is 4.74 Å². The molecule has 0 saturated heterocycles. The molecule has 3 heterocycles. The number of aryl methyl sites for hydroxylation is 1. The minimum atomic E-state index is -2.70. The van der Waals surface area contributed by atoms with Gasteiger partial charge in [-0.3, -0.25) is 9.78 Å². The molecule has 178 valence electrons. The molecular weight excluding hydrogens is 432 g/mol. The summed E-state index contributed by atoms with van der Waals surface area (Å²) >= 11 is 0. The van der Waals surface area contributed by atoms with Crippen molar-refractivity contribution in [2.45, 2.75) is 69.7 Å². The Hall–Kier alpha value is -2.88. The third-order valence-corrected chi connectivity index (χ3v) is 6.56. The fourth-order valence-electron chi connectivity index (χ4n) is 4.16. The van der Waals surface area contributed by atoms with E-state index in [1.165, 1.54) is 0 Å². The zero-order valence-electron chi connectivity index (χ0n) is 19.3. The normalized spacial score (nSPS) is 23.6. The smallest absolute Gasteiger partial charge is 0.270 e. The number of fused-ring (bicyclic) bond motifs is 1.